The summed E-state index contributed by atoms with van der Waals surface area (Å²) >= 11 is 0. The molecule has 1 aromatic carbocycles. The lowest BCUT2D eigenvalue weighted by molar-refractivity contribution is 0.133. The lowest BCUT2D eigenvalue weighted by Crippen LogP contribution is -2.41. The van der Waals surface area contributed by atoms with Crippen molar-refractivity contribution in [2.45, 2.75) is 39.3 Å². The predicted molar refractivity (Wildman–Crippen MR) is 71.4 cm³/mol. The standard InChI is InChI=1S/C13H22N2O2/c1-5-17-12-8-10(6-7-11(12)14)15-13(3,4)9(2)16/h6-9,15-16H,5,14H2,1-4H3. The zero-order valence-corrected chi connectivity index (χ0v) is 10.9. The fourth-order valence-electron chi connectivity index (χ4n) is 1.37. The second-order valence-corrected chi connectivity index (χ2v) is 4.71. The molecule has 1 aromatic rings. The maximum absolute atomic E-state index is 9.65. The Bertz CT molecular complexity index is 376. The third kappa shape index (κ3) is 3.53. The Morgan fingerprint density at radius 3 is 2.65 bits per heavy atom. The van der Waals surface area contributed by atoms with E-state index in [9.17, 15) is 5.11 Å². The van der Waals surface area contributed by atoms with Crippen LogP contribution >= 0.6 is 0 Å². The summed E-state index contributed by atoms with van der Waals surface area (Å²) in [6.45, 7) is 8.13. The number of nitrogens with two attached hydrogens (primary N) is 1. The van der Waals surface area contributed by atoms with Crippen LogP contribution in [-0.2, 0) is 0 Å². The van der Waals surface area contributed by atoms with Gasteiger partial charge in [-0.25, -0.2) is 0 Å². The van der Waals surface area contributed by atoms with Crippen molar-refractivity contribution >= 4 is 11.4 Å². The summed E-state index contributed by atoms with van der Waals surface area (Å²) in [5.41, 5.74) is 6.89. The Labute approximate surface area is 103 Å². The van der Waals surface area contributed by atoms with Crippen molar-refractivity contribution < 1.29 is 9.84 Å². The average molecular weight is 238 g/mol. The van der Waals surface area contributed by atoms with E-state index in [-0.39, 0.29) is 0 Å². The monoisotopic (exact) mass is 238 g/mol. The molecule has 0 aromatic heterocycles. The number of nitrogens with one attached hydrogen (secondary N) is 1. The van der Waals surface area contributed by atoms with Gasteiger partial charge >= 0.3 is 0 Å². The summed E-state index contributed by atoms with van der Waals surface area (Å²) in [5.74, 6) is 0.666. The molecule has 0 bridgehead atoms. The Hall–Kier alpha value is -1.42. The molecule has 0 aliphatic heterocycles. The molecule has 1 unspecified atom stereocenters. The van der Waals surface area contributed by atoms with Crippen molar-refractivity contribution in [2.75, 3.05) is 17.7 Å². The summed E-state index contributed by atoms with van der Waals surface area (Å²) in [7, 11) is 0. The highest BCUT2D eigenvalue weighted by molar-refractivity contribution is 5.62. The molecule has 0 aliphatic carbocycles. The largest absolute Gasteiger partial charge is 0.492 e. The van der Waals surface area contributed by atoms with Gasteiger partial charge < -0.3 is 20.9 Å². The van der Waals surface area contributed by atoms with E-state index in [2.05, 4.69) is 5.32 Å². The Morgan fingerprint density at radius 1 is 1.47 bits per heavy atom. The minimum atomic E-state index is -0.462. The number of aliphatic hydroxyl groups is 1. The van der Waals surface area contributed by atoms with Crippen LogP contribution in [-0.4, -0.2) is 23.4 Å². The Morgan fingerprint density at radius 2 is 2.12 bits per heavy atom. The topological polar surface area (TPSA) is 67.5 Å². The van der Waals surface area contributed by atoms with Gasteiger partial charge in [-0.2, -0.15) is 0 Å². The molecule has 0 radical (unpaired) electrons. The van der Waals surface area contributed by atoms with Gasteiger partial charge in [0.2, 0.25) is 0 Å². The molecule has 0 spiro atoms. The zero-order chi connectivity index (χ0) is 13.1. The molecular weight excluding hydrogens is 216 g/mol. The van der Waals surface area contributed by atoms with Crippen molar-refractivity contribution in [3.8, 4) is 5.75 Å². The molecule has 0 saturated heterocycles. The molecule has 4 nitrogen and oxygen atoms in total. The molecular formula is C13H22N2O2. The van der Waals surface area contributed by atoms with Gasteiger partial charge in [-0.1, -0.05) is 0 Å². The van der Waals surface area contributed by atoms with Crippen LogP contribution in [0.25, 0.3) is 0 Å². The third-order valence-electron chi connectivity index (χ3n) is 2.82. The van der Waals surface area contributed by atoms with Crippen LogP contribution in [0.5, 0.6) is 5.75 Å². The second kappa shape index (κ2) is 5.27. The van der Waals surface area contributed by atoms with E-state index in [1.54, 1.807) is 13.0 Å². The molecule has 96 valence electrons. The van der Waals surface area contributed by atoms with Crippen LogP contribution in [0.2, 0.25) is 0 Å². The van der Waals surface area contributed by atoms with Crippen molar-refractivity contribution in [3.05, 3.63) is 18.2 Å². The molecule has 4 heteroatoms. The van der Waals surface area contributed by atoms with E-state index >= 15 is 0 Å². The molecule has 1 atom stereocenters. The maximum atomic E-state index is 9.65. The van der Waals surface area contributed by atoms with Gasteiger partial charge in [-0.15, -0.1) is 0 Å². The summed E-state index contributed by atoms with van der Waals surface area (Å²) in [5, 5.41) is 12.9. The SMILES string of the molecule is CCOc1cc(NC(C)(C)C(C)O)ccc1N. The fourth-order valence-corrected chi connectivity index (χ4v) is 1.37. The first-order valence-electron chi connectivity index (χ1n) is 5.85. The number of anilines is 2. The summed E-state index contributed by atoms with van der Waals surface area (Å²) < 4.78 is 5.42. The van der Waals surface area contributed by atoms with Gasteiger partial charge in [-0.05, 0) is 39.8 Å². The van der Waals surface area contributed by atoms with Crippen LogP contribution in [0, 0.1) is 0 Å². The summed E-state index contributed by atoms with van der Waals surface area (Å²) in [6, 6.07) is 5.52. The van der Waals surface area contributed by atoms with Crippen LogP contribution < -0.4 is 15.8 Å². The van der Waals surface area contributed by atoms with E-state index in [0.717, 1.165) is 5.69 Å². The second-order valence-electron chi connectivity index (χ2n) is 4.71. The quantitative estimate of drug-likeness (QED) is 0.688. The molecule has 0 amide bonds. The van der Waals surface area contributed by atoms with Crippen molar-refractivity contribution in [2.24, 2.45) is 0 Å². The smallest absolute Gasteiger partial charge is 0.144 e. The van der Waals surface area contributed by atoms with Crippen LogP contribution in [0.3, 0.4) is 0 Å². The highest BCUT2D eigenvalue weighted by Crippen LogP contribution is 2.27. The first-order valence-corrected chi connectivity index (χ1v) is 5.85. The fraction of sp³-hybridized carbons (Fsp3) is 0.538. The minimum Gasteiger partial charge on any atom is -0.492 e. The Kier molecular flexibility index (Phi) is 4.23. The van der Waals surface area contributed by atoms with Crippen LogP contribution in [0.4, 0.5) is 11.4 Å². The van der Waals surface area contributed by atoms with Gasteiger partial charge in [0.1, 0.15) is 5.75 Å². The normalized spacial score (nSPS) is 13.2. The lowest BCUT2D eigenvalue weighted by Gasteiger charge is -2.30. The van der Waals surface area contributed by atoms with Crippen molar-refractivity contribution in [3.63, 3.8) is 0 Å². The molecule has 1 rings (SSSR count). The number of hydrogen-bond acceptors (Lipinski definition) is 4. The molecule has 0 aliphatic rings. The summed E-state index contributed by atoms with van der Waals surface area (Å²) in [4.78, 5) is 0. The van der Waals surface area contributed by atoms with E-state index in [1.165, 1.54) is 0 Å². The van der Waals surface area contributed by atoms with Crippen LogP contribution in [0.1, 0.15) is 27.7 Å². The van der Waals surface area contributed by atoms with Gasteiger partial charge in [0.05, 0.1) is 23.9 Å². The number of nitrogen functional groups attached to an aromatic ring is 1. The van der Waals surface area contributed by atoms with Gasteiger partial charge in [0, 0.05) is 11.8 Å². The van der Waals surface area contributed by atoms with Gasteiger partial charge in [0.15, 0.2) is 0 Å². The van der Waals surface area contributed by atoms with Crippen molar-refractivity contribution in [1.29, 1.82) is 0 Å². The number of hydrogen-bond donors (Lipinski definition) is 3. The van der Waals surface area contributed by atoms with E-state index in [1.807, 2.05) is 32.9 Å². The summed E-state index contributed by atoms with van der Waals surface area (Å²) in [6.07, 6.45) is -0.462. The molecule has 0 saturated carbocycles. The Balaban J connectivity index is 2.89. The lowest BCUT2D eigenvalue weighted by atomic mass is 9.98. The minimum absolute atomic E-state index is 0.403. The molecule has 4 N–H and O–H groups in total. The van der Waals surface area contributed by atoms with Gasteiger partial charge in [-0.3, -0.25) is 0 Å². The number of rotatable bonds is 5. The maximum Gasteiger partial charge on any atom is 0.144 e. The molecule has 17 heavy (non-hydrogen) atoms. The van der Waals surface area contributed by atoms with Gasteiger partial charge in [0.25, 0.3) is 0 Å². The van der Waals surface area contributed by atoms with E-state index < -0.39 is 11.6 Å². The number of benzene rings is 1. The first-order chi connectivity index (χ1) is 7.86. The predicted octanol–water partition coefficient (Wildman–Crippen LogP) is 2.24. The molecule has 0 heterocycles. The first kappa shape index (κ1) is 13.6. The van der Waals surface area contributed by atoms with E-state index in [4.69, 9.17) is 10.5 Å². The zero-order valence-electron chi connectivity index (χ0n) is 10.9. The van der Waals surface area contributed by atoms with Crippen LogP contribution in [0.15, 0.2) is 18.2 Å². The number of aliphatic hydroxyl groups excluding tert-OH is 1. The number of ether oxygens (including phenoxy) is 1. The van der Waals surface area contributed by atoms with E-state index in [0.29, 0.717) is 18.0 Å². The third-order valence-corrected chi connectivity index (χ3v) is 2.82. The van der Waals surface area contributed by atoms with Crippen molar-refractivity contribution in [1.82, 2.24) is 0 Å². The molecule has 0 fully saturated rings. The average Bonchev–Trinajstić information content (AvgIpc) is 2.23. The highest BCUT2D eigenvalue weighted by Gasteiger charge is 2.23. The highest BCUT2D eigenvalue weighted by atomic mass is 16.5.